The van der Waals surface area contributed by atoms with Gasteiger partial charge in [-0.3, -0.25) is 4.79 Å². The third-order valence-corrected chi connectivity index (χ3v) is 9.93. The van der Waals surface area contributed by atoms with Gasteiger partial charge in [-0.15, -0.1) is 0 Å². The second kappa shape index (κ2) is 69.2. The highest BCUT2D eigenvalue weighted by Crippen LogP contribution is 2.16. The standard InChI is InChI=1S/C54H108O25/c1-54(2,3)53(55)5-6-57-9-10-59-13-14-61-17-18-63-21-22-65-25-26-67-29-30-69-33-34-71-37-38-73-41-42-75-45-46-77-49-50-79-52-51-78-48-47-76-44-43-74-40-39-72-36-35-70-32-31-68-28-27-66-24-23-64-20-19-62-16-15-60-12-11-58-8-7-56-4/h5-52H2,1-4H3. The molecular weight excluding hydrogens is 1050 g/mol. The summed E-state index contributed by atoms with van der Waals surface area (Å²) in [5.41, 5.74) is -0.323. The first-order chi connectivity index (χ1) is 39.0. The van der Waals surface area contributed by atoms with E-state index in [0.717, 1.165) is 0 Å². The Morgan fingerprint density at radius 2 is 0.291 bits per heavy atom. The second-order valence-corrected chi connectivity index (χ2v) is 17.5. The second-order valence-electron chi connectivity index (χ2n) is 17.5. The molecule has 79 heavy (non-hydrogen) atoms. The predicted octanol–water partition coefficient (Wildman–Crippen LogP) is 2.02. The van der Waals surface area contributed by atoms with Crippen molar-refractivity contribution < 1.29 is 118 Å². The molecule has 25 nitrogen and oxygen atoms in total. The van der Waals surface area contributed by atoms with Crippen molar-refractivity contribution in [3.05, 3.63) is 0 Å². The SMILES string of the molecule is COCCOCCOCCOCCOCCOCCOCCOCCOCCOCCOCCOCCOCCOCCOCCOCCOCCOCCOCCOCCOCCOCCOCCOCCC(=O)C(C)(C)C. The Morgan fingerprint density at radius 1 is 0.190 bits per heavy atom. The maximum atomic E-state index is 11.8. The highest BCUT2D eigenvalue weighted by Gasteiger charge is 2.20. The molecule has 0 amide bonds. The van der Waals surface area contributed by atoms with E-state index in [1.807, 2.05) is 20.8 Å². The lowest BCUT2D eigenvalue weighted by molar-refractivity contribution is -0.127. The minimum atomic E-state index is -0.323. The van der Waals surface area contributed by atoms with E-state index in [-0.39, 0.29) is 11.2 Å². The zero-order chi connectivity index (χ0) is 57.0. The minimum absolute atomic E-state index is 0.197. The number of carbonyl (C=O) groups is 1. The van der Waals surface area contributed by atoms with Gasteiger partial charge in [-0.2, -0.15) is 0 Å². The summed E-state index contributed by atoms with van der Waals surface area (Å²) in [6.45, 7) is 29.0. The van der Waals surface area contributed by atoms with Crippen molar-refractivity contribution in [1.29, 1.82) is 0 Å². The van der Waals surface area contributed by atoms with Gasteiger partial charge in [0.1, 0.15) is 5.78 Å². The summed E-state index contributed by atoms with van der Waals surface area (Å²) >= 11 is 0. The van der Waals surface area contributed by atoms with Crippen LogP contribution in [0, 0.1) is 5.41 Å². The lowest BCUT2D eigenvalue weighted by Gasteiger charge is -2.16. The fourth-order valence-corrected chi connectivity index (χ4v) is 5.62. The Bertz CT molecular complexity index is 1130. The fourth-order valence-electron chi connectivity index (χ4n) is 5.62. The van der Waals surface area contributed by atoms with E-state index in [0.29, 0.717) is 317 Å². The minimum Gasteiger partial charge on any atom is -0.382 e. The third-order valence-electron chi connectivity index (χ3n) is 9.93. The van der Waals surface area contributed by atoms with Crippen molar-refractivity contribution in [3.63, 3.8) is 0 Å². The number of methoxy groups -OCH3 is 1. The van der Waals surface area contributed by atoms with E-state index >= 15 is 0 Å². The number of carbonyl (C=O) groups excluding carboxylic acids is 1. The van der Waals surface area contributed by atoms with Gasteiger partial charge in [0, 0.05) is 18.9 Å². The molecule has 0 aliphatic carbocycles. The molecule has 25 heteroatoms. The number of hydrogen-bond donors (Lipinski definition) is 0. The largest absolute Gasteiger partial charge is 0.382 e. The predicted molar refractivity (Wildman–Crippen MR) is 290 cm³/mol. The number of rotatable bonds is 72. The van der Waals surface area contributed by atoms with E-state index in [2.05, 4.69) is 0 Å². The molecule has 0 saturated heterocycles. The van der Waals surface area contributed by atoms with Crippen LogP contribution in [0.1, 0.15) is 27.2 Å². The highest BCUT2D eigenvalue weighted by molar-refractivity contribution is 5.83. The molecule has 0 unspecified atom stereocenters. The van der Waals surface area contributed by atoms with Gasteiger partial charge in [0.05, 0.1) is 311 Å². The molecule has 0 heterocycles. The van der Waals surface area contributed by atoms with Crippen molar-refractivity contribution in [3.8, 4) is 0 Å². The highest BCUT2D eigenvalue weighted by atomic mass is 16.6. The lowest BCUT2D eigenvalue weighted by atomic mass is 9.89. The van der Waals surface area contributed by atoms with Gasteiger partial charge >= 0.3 is 0 Å². The molecule has 0 aliphatic rings. The van der Waals surface area contributed by atoms with Crippen molar-refractivity contribution in [2.24, 2.45) is 5.41 Å². The summed E-state index contributed by atoms with van der Waals surface area (Å²) in [6, 6.07) is 0. The molecular formula is C54H108O25. The normalized spacial score (nSPS) is 11.9. The average Bonchev–Trinajstić information content (AvgIpc) is 3.44. The van der Waals surface area contributed by atoms with Crippen molar-refractivity contribution >= 4 is 5.78 Å². The van der Waals surface area contributed by atoms with Crippen LogP contribution in [-0.2, 0) is 118 Å². The Labute approximate surface area is 473 Å². The monoisotopic (exact) mass is 1160 g/mol. The molecule has 0 fully saturated rings. The number of ketones is 1. The van der Waals surface area contributed by atoms with Crippen LogP contribution in [0.4, 0.5) is 0 Å². The van der Waals surface area contributed by atoms with Crippen LogP contribution in [0.5, 0.6) is 0 Å². The molecule has 0 saturated carbocycles. The number of ether oxygens (including phenoxy) is 24. The van der Waals surface area contributed by atoms with Crippen LogP contribution in [0.3, 0.4) is 0 Å². The van der Waals surface area contributed by atoms with Gasteiger partial charge in [0.2, 0.25) is 0 Å². The molecule has 0 N–H and O–H groups in total. The van der Waals surface area contributed by atoms with E-state index in [4.69, 9.17) is 114 Å². The number of Topliss-reactive ketones (excluding diaryl/α,β-unsaturated/α-hetero) is 1. The van der Waals surface area contributed by atoms with Crippen LogP contribution >= 0.6 is 0 Å². The Hall–Kier alpha value is -1.29. The molecule has 0 atom stereocenters. The van der Waals surface area contributed by atoms with E-state index < -0.39 is 0 Å². The molecule has 0 spiro atoms. The molecule has 0 aromatic rings. The molecule has 0 bridgehead atoms. The maximum absolute atomic E-state index is 11.8. The van der Waals surface area contributed by atoms with Gasteiger partial charge < -0.3 is 114 Å². The van der Waals surface area contributed by atoms with Crippen LogP contribution in [-0.4, -0.2) is 323 Å². The van der Waals surface area contributed by atoms with Gasteiger partial charge in [-0.25, -0.2) is 0 Å². The molecule has 0 radical (unpaired) electrons. The molecule has 0 aromatic heterocycles. The summed E-state index contributed by atoms with van der Waals surface area (Å²) in [5.74, 6) is 0.197. The molecule has 0 aromatic carbocycles. The quantitative estimate of drug-likeness (QED) is 0.0792. The maximum Gasteiger partial charge on any atom is 0.140 e. The van der Waals surface area contributed by atoms with Gasteiger partial charge in [-0.05, 0) is 0 Å². The molecule has 0 aliphatic heterocycles. The zero-order valence-corrected chi connectivity index (χ0v) is 49.1. The van der Waals surface area contributed by atoms with Crippen molar-refractivity contribution in [2.75, 3.05) is 318 Å². The van der Waals surface area contributed by atoms with Crippen LogP contribution in [0.15, 0.2) is 0 Å². The Morgan fingerprint density at radius 3 is 0.392 bits per heavy atom. The molecule has 0 rings (SSSR count). The zero-order valence-electron chi connectivity index (χ0n) is 49.1. The van der Waals surface area contributed by atoms with E-state index in [1.54, 1.807) is 7.11 Å². The van der Waals surface area contributed by atoms with E-state index in [1.165, 1.54) is 0 Å². The Balaban J connectivity index is 3.09. The van der Waals surface area contributed by atoms with Crippen LogP contribution in [0.2, 0.25) is 0 Å². The summed E-state index contributed by atoms with van der Waals surface area (Å²) < 4.78 is 131. The summed E-state index contributed by atoms with van der Waals surface area (Å²) in [7, 11) is 1.64. The summed E-state index contributed by atoms with van der Waals surface area (Å²) in [5, 5.41) is 0. The summed E-state index contributed by atoms with van der Waals surface area (Å²) in [6.07, 6.45) is 0.425. The average molecular weight is 1160 g/mol. The van der Waals surface area contributed by atoms with Crippen LogP contribution < -0.4 is 0 Å². The third kappa shape index (κ3) is 70.9. The lowest BCUT2D eigenvalue weighted by Crippen LogP contribution is -2.22. The Kier molecular flexibility index (Phi) is 68.1. The van der Waals surface area contributed by atoms with E-state index in [9.17, 15) is 4.79 Å². The van der Waals surface area contributed by atoms with Crippen LogP contribution in [0.25, 0.3) is 0 Å². The van der Waals surface area contributed by atoms with Crippen molar-refractivity contribution in [2.45, 2.75) is 27.2 Å². The van der Waals surface area contributed by atoms with Gasteiger partial charge in [-0.1, -0.05) is 20.8 Å². The molecule has 474 valence electrons. The first-order valence-electron chi connectivity index (χ1n) is 28.3. The fraction of sp³-hybridized carbons (Fsp3) is 0.981. The first kappa shape index (κ1) is 77.7. The van der Waals surface area contributed by atoms with Gasteiger partial charge in [0.15, 0.2) is 0 Å². The van der Waals surface area contributed by atoms with Crippen molar-refractivity contribution in [1.82, 2.24) is 0 Å². The smallest absolute Gasteiger partial charge is 0.140 e. The number of hydrogen-bond acceptors (Lipinski definition) is 25. The topological polar surface area (TPSA) is 239 Å². The summed E-state index contributed by atoms with van der Waals surface area (Å²) in [4.78, 5) is 11.8. The first-order valence-corrected chi connectivity index (χ1v) is 28.3. The van der Waals surface area contributed by atoms with Gasteiger partial charge in [0.25, 0.3) is 0 Å².